The molecule has 1 fully saturated rings. The highest BCUT2D eigenvalue weighted by Crippen LogP contribution is 2.32. The summed E-state index contributed by atoms with van der Waals surface area (Å²) in [6.07, 6.45) is 1.61. The van der Waals surface area contributed by atoms with Gasteiger partial charge in [0.15, 0.2) is 0 Å². The first-order valence-corrected chi connectivity index (χ1v) is 6.49. The van der Waals surface area contributed by atoms with Gasteiger partial charge in [-0.05, 0) is 37.0 Å². The van der Waals surface area contributed by atoms with E-state index in [1.807, 2.05) is 0 Å². The molecule has 0 aromatic heterocycles. The number of aliphatic carboxylic acids is 1. The average molecular weight is 299 g/mol. The van der Waals surface area contributed by atoms with E-state index in [2.05, 4.69) is 10.1 Å². The molecule has 1 amide bonds. The first-order chi connectivity index (χ1) is 9.91. The number of ether oxygens (including phenoxy) is 1. The van der Waals surface area contributed by atoms with Crippen molar-refractivity contribution in [2.24, 2.45) is 0 Å². The van der Waals surface area contributed by atoms with E-state index < -0.39 is 24.0 Å². The number of carboxylic acids is 1. The highest BCUT2D eigenvalue weighted by molar-refractivity contribution is 5.88. The second-order valence-electron chi connectivity index (χ2n) is 4.99. The largest absolute Gasteiger partial charge is 0.480 e. The summed E-state index contributed by atoms with van der Waals surface area (Å²) < 4.78 is 28.2. The Morgan fingerprint density at radius 2 is 1.90 bits per heavy atom. The number of alkyl halides is 2. The van der Waals surface area contributed by atoms with Crippen LogP contribution in [0.1, 0.15) is 24.8 Å². The fourth-order valence-electron chi connectivity index (χ4n) is 2.21. The van der Waals surface area contributed by atoms with Crippen LogP contribution < -0.4 is 10.1 Å². The van der Waals surface area contributed by atoms with Gasteiger partial charge in [-0.25, -0.2) is 4.79 Å². The summed E-state index contributed by atoms with van der Waals surface area (Å²) in [6, 6.07) is 5.66. The lowest BCUT2D eigenvalue weighted by Crippen LogP contribution is -2.59. The summed E-state index contributed by atoms with van der Waals surface area (Å²) >= 11 is 0. The normalized spacial score (nSPS) is 16.1. The number of carbonyl (C=O) groups is 2. The maximum absolute atomic E-state index is 12.0. The maximum Gasteiger partial charge on any atom is 0.387 e. The van der Waals surface area contributed by atoms with Crippen molar-refractivity contribution in [3.63, 3.8) is 0 Å². The summed E-state index contributed by atoms with van der Waals surface area (Å²) in [5, 5.41) is 11.7. The van der Waals surface area contributed by atoms with E-state index in [1.54, 1.807) is 0 Å². The minimum absolute atomic E-state index is 0.00940. The Kier molecular flexibility index (Phi) is 4.40. The third-order valence-electron chi connectivity index (χ3n) is 3.51. The number of benzene rings is 1. The molecule has 2 N–H and O–H groups in total. The van der Waals surface area contributed by atoms with Gasteiger partial charge in [0.1, 0.15) is 11.3 Å². The molecule has 7 heteroatoms. The van der Waals surface area contributed by atoms with Crippen molar-refractivity contribution in [1.82, 2.24) is 5.32 Å². The number of hydrogen-bond donors (Lipinski definition) is 2. The van der Waals surface area contributed by atoms with Gasteiger partial charge in [-0.1, -0.05) is 12.1 Å². The molecule has 0 unspecified atom stereocenters. The molecule has 2 rings (SSSR count). The lowest BCUT2D eigenvalue weighted by Gasteiger charge is -2.38. The highest BCUT2D eigenvalue weighted by Gasteiger charge is 2.45. The van der Waals surface area contributed by atoms with Crippen LogP contribution in [-0.4, -0.2) is 29.1 Å². The predicted octanol–water partition coefficient (Wildman–Crippen LogP) is 1.95. The monoisotopic (exact) mass is 299 g/mol. The molecule has 0 spiro atoms. The van der Waals surface area contributed by atoms with Crippen LogP contribution >= 0.6 is 0 Å². The maximum atomic E-state index is 12.0. The fourth-order valence-corrected chi connectivity index (χ4v) is 2.21. The number of nitrogens with one attached hydrogen (secondary N) is 1. The molecule has 5 nitrogen and oxygen atoms in total. The molecule has 0 saturated heterocycles. The standard InChI is InChI=1S/C14H15F2NO4/c15-13(16)21-10-4-2-9(3-5-10)8-11(18)17-14(12(19)20)6-1-7-14/h2-5,13H,1,6-8H2,(H,17,18)(H,19,20). The van der Waals surface area contributed by atoms with Crippen LogP contribution in [0.4, 0.5) is 8.78 Å². The first-order valence-electron chi connectivity index (χ1n) is 6.49. The van der Waals surface area contributed by atoms with Crippen molar-refractivity contribution in [2.45, 2.75) is 37.8 Å². The molecule has 0 aliphatic heterocycles. The quantitative estimate of drug-likeness (QED) is 0.842. The van der Waals surface area contributed by atoms with Crippen molar-refractivity contribution in [1.29, 1.82) is 0 Å². The van der Waals surface area contributed by atoms with Gasteiger partial charge in [-0.15, -0.1) is 0 Å². The average Bonchev–Trinajstić information content (AvgIpc) is 2.35. The third kappa shape index (κ3) is 3.68. The van der Waals surface area contributed by atoms with Crippen molar-refractivity contribution in [3.8, 4) is 5.75 Å². The molecule has 21 heavy (non-hydrogen) atoms. The van der Waals surface area contributed by atoms with Gasteiger partial charge in [0.25, 0.3) is 0 Å². The zero-order valence-corrected chi connectivity index (χ0v) is 11.1. The van der Waals surface area contributed by atoms with E-state index in [4.69, 9.17) is 5.11 Å². The van der Waals surface area contributed by atoms with Crippen LogP contribution in [0.2, 0.25) is 0 Å². The van der Waals surface area contributed by atoms with E-state index in [-0.39, 0.29) is 12.2 Å². The van der Waals surface area contributed by atoms with Crippen LogP contribution in [0.3, 0.4) is 0 Å². The molecule has 114 valence electrons. The molecular formula is C14H15F2NO4. The minimum Gasteiger partial charge on any atom is -0.480 e. The zero-order chi connectivity index (χ0) is 15.5. The Hall–Kier alpha value is -2.18. The smallest absolute Gasteiger partial charge is 0.387 e. The Morgan fingerprint density at radius 1 is 1.29 bits per heavy atom. The van der Waals surface area contributed by atoms with Gasteiger partial charge in [0.05, 0.1) is 6.42 Å². The number of carboxylic acid groups (broad SMARTS) is 1. The van der Waals surface area contributed by atoms with Gasteiger partial charge >= 0.3 is 12.6 Å². The number of rotatable bonds is 6. The van der Waals surface area contributed by atoms with Crippen molar-refractivity contribution in [2.75, 3.05) is 0 Å². The minimum atomic E-state index is -2.90. The van der Waals surface area contributed by atoms with Crippen LogP contribution in [0.5, 0.6) is 5.75 Å². The van der Waals surface area contributed by atoms with Gasteiger partial charge in [-0.2, -0.15) is 8.78 Å². The van der Waals surface area contributed by atoms with Gasteiger partial charge < -0.3 is 15.2 Å². The number of halogens is 2. The molecule has 1 saturated carbocycles. The number of hydrogen-bond acceptors (Lipinski definition) is 3. The van der Waals surface area contributed by atoms with Gasteiger partial charge in [0.2, 0.25) is 5.91 Å². The fraction of sp³-hybridized carbons (Fsp3) is 0.429. The van der Waals surface area contributed by atoms with Crippen molar-refractivity contribution in [3.05, 3.63) is 29.8 Å². The third-order valence-corrected chi connectivity index (χ3v) is 3.51. The van der Waals surface area contributed by atoms with Crippen molar-refractivity contribution >= 4 is 11.9 Å². The molecule has 0 bridgehead atoms. The van der Waals surface area contributed by atoms with Crippen LogP contribution in [-0.2, 0) is 16.0 Å². The molecule has 0 heterocycles. The summed E-state index contributed by atoms with van der Waals surface area (Å²) in [4.78, 5) is 23.0. The lowest BCUT2D eigenvalue weighted by molar-refractivity contribution is -0.151. The summed E-state index contributed by atoms with van der Waals surface area (Å²) in [7, 11) is 0. The molecular weight excluding hydrogens is 284 g/mol. The summed E-state index contributed by atoms with van der Waals surface area (Å²) in [5.74, 6) is -1.42. The summed E-state index contributed by atoms with van der Waals surface area (Å²) in [5.41, 5.74) is -0.551. The number of amides is 1. The lowest BCUT2D eigenvalue weighted by atomic mass is 9.76. The number of carbonyl (C=O) groups excluding carboxylic acids is 1. The zero-order valence-electron chi connectivity index (χ0n) is 11.1. The van der Waals surface area contributed by atoms with Gasteiger partial charge in [-0.3, -0.25) is 4.79 Å². The summed E-state index contributed by atoms with van der Waals surface area (Å²) in [6.45, 7) is -2.90. The highest BCUT2D eigenvalue weighted by atomic mass is 19.3. The van der Waals surface area contributed by atoms with Crippen LogP contribution in [0.25, 0.3) is 0 Å². The molecule has 0 radical (unpaired) electrons. The predicted molar refractivity (Wildman–Crippen MR) is 69.1 cm³/mol. The van der Waals surface area contributed by atoms with E-state index in [0.29, 0.717) is 18.4 Å². The second kappa shape index (κ2) is 6.07. The molecule has 1 aromatic rings. The van der Waals surface area contributed by atoms with Crippen LogP contribution in [0.15, 0.2) is 24.3 Å². The van der Waals surface area contributed by atoms with E-state index >= 15 is 0 Å². The van der Waals surface area contributed by atoms with Gasteiger partial charge in [0, 0.05) is 0 Å². The van der Waals surface area contributed by atoms with Crippen LogP contribution in [0, 0.1) is 0 Å². The molecule has 1 aliphatic rings. The topological polar surface area (TPSA) is 75.6 Å². The van der Waals surface area contributed by atoms with E-state index in [1.165, 1.54) is 24.3 Å². The molecule has 0 atom stereocenters. The molecule has 1 aliphatic carbocycles. The first kappa shape index (κ1) is 15.2. The Labute approximate surface area is 119 Å². The SMILES string of the molecule is O=C(Cc1ccc(OC(F)F)cc1)NC1(C(=O)O)CCC1. The Morgan fingerprint density at radius 3 is 2.33 bits per heavy atom. The Bertz CT molecular complexity index is 526. The second-order valence-corrected chi connectivity index (χ2v) is 4.99. The van der Waals surface area contributed by atoms with E-state index in [9.17, 15) is 18.4 Å². The Balaban J connectivity index is 1.92. The van der Waals surface area contributed by atoms with Crippen molar-refractivity contribution < 1.29 is 28.2 Å². The van der Waals surface area contributed by atoms with E-state index in [0.717, 1.165) is 6.42 Å². The molecule has 1 aromatic carbocycles.